The second kappa shape index (κ2) is 55.7. The molecule has 4 nitrogen and oxygen atoms in total. The number of carbonyl (C=O) groups is 1. The Balaban J connectivity index is 3.52. The van der Waals surface area contributed by atoms with E-state index in [2.05, 4.69) is 55.6 Å². The van der Waals surface area contributed by atoms with Crippen molar-refractivity contribution in [3.8, 4) is 0 Å². The van der Waals surface area contributed by atoms with Crippen LogP contribution in [0.1, 0.15) is 309 Å². The molecule has 2 unspecified atom stereocenters. The van der Waals surface area contributed by atoms with Crippen LogP contribution in [-0.4, -0.2) is 34.9 Å². The number of aliphatic hydroxyl groups is 2. The zero-order valence-electron chi connectivity index (χ0n) is 43.3. The standard InChI is InChI=1S/C60H113NO3/c1-3-5-7-9-11-13-15-17-19-21-23-25-27-29-30-32-33-35-37-39-41-43-45-47-49-51-53-55-59(63)58(57-62)61-60(64)56-54-52-50-48-46-44-42-40-38-36-34-31-28-26-24-22-20-18-16-14-12-10-8-6-4-2/h16,18,22,24,45,47,53,55,58-59,62-63H,3-15,17,19-21,23,25-44,46,48-52,54,56-57H2,1-2H3,(H,61,64)/b18-16-,24-22-,47-45+,55-53+. The fourth-order valence-corrected chi connectivity index (χ4v) is 8.87. The van der Waals surface area contributed by atoms with Crippen molar-refractivity contribution in [3.05, 3.63) is 48.6 Å². The van der Waals surface area contributed by atoms with Gasteiger partial charge in [-0.2, -0.15) is 0 Å². The van der Waals surface area contributed by atoms with Gasteiger partial charge in [0.15, 0.2) is 0 Å². The highest BCUT2D eigenvalue weighted by Gasteiger charge is 2.18. The van der Waals surface area contributed by atoms with Gasteiger partial charge in [-0.05, 0) is 64.2 Å². The third-order valence-corrected chi connectivity index (χ3v) is 13.3. The molecule has 0 aromatic carbocycles. The van der Waals surface area contributed by atoms with Gasteiger partial charge >= 0.3 is 0 Å². The van der Waals surface area contributed by atoms with Crippen LogP contribution in [0.3, 0.4) is 0 Å². The highest BCUT2D eigenvalue weighted by molar-refractivity contribution is 5.76. The number of unbranched alkanes of at least 4 members (excludes halogenated alkanes) is 40. The summed E-state index contributed by atoms with van der Waals surface area (Å²) in [7, 11) is 0. The van der Waals surface area contributed by atoms with Crippen molar-refractivity contribution in [2.24, 2.45) is 0 Å². The van der Waals surface area contributed by atoms with E-state index in [-0.39, 0.29) is 12.5 Å². The van der Waals surface area contributed by atoms with E-state index in [1.807, 2.05) is 6.08 Å². The van der Waals surface area contributed by atoms with Crippen LogP contribution in [0, 0.1) is 0 Å². The van der Waals surface area contributed by atoms with Crippen molar-refractivity contribution >= 4 is 5.91 Å². The van der Waals surface area contributed by atoms with Gasteiger partial charge in [-0.25, -0.2) is 0 Å². The molecule has 0 bridgehead atoms. The maximum atomic E-state index is 12.5. The van der Waals surface area contributed by atoms with Crippen molar-refractivity contribution in [2.75, 3.05) is 6.61 Å². The molecule has 376 valence electrons. The molecule has 0 saturated carbocycles. The Kier molecular flexibility index (Phi) is 54.2. The molecular formula is C60H113NO3. The molecule has 64 heavy (non-hydrogen) atoms. The Hall–Kier alpha value is -1.65. The fourth-order valence-electron chi connectivity index (χ4n) is 8.87. The van der Waals surface area contributed by atoms with Crippen LogP contribution in [-0.2, 0) is 4.79 Å². The molecular weight excluding hydrogens is 783 g/mol. The third kappa shape index (κ3) is 51.3. The summed E-state index contributed by atoms with van der Waals surface area (Å²) < 4.78 is 0. The van der Waals surface area contributed by atoms with Crippen LogP contribution in [0.5, 0.6) is 0 Å². The van der Waals surface area contributed by atoms with Crippen LogP contribution < -0.4 is 5.32 Å². The minimum Gasteiger partial charge on any atom is -0.394 e. The summed E-state index contributed by atoms with van der Waals surface area (Å²) in [6, 6.07) is -0.641. The predicted molar refractivity (Wildman–Crippen MR) is 285 cm³/mol. The van der Waals surface area contributed by atoms with Crippen molar-refractivity contribution < 1.29 is 15.0 Å². The van der Waals surface area contributed by atoms with Crippen LogP contribution in [0.2, 0.25) is 0 Å². The molecule has 0 aliphatic heterocycles. The van der Waals surface area contributed by atoms with Gasteiger partial charge in [0.2, 0.25) is 5.91 Å². The zero-order chi connectivity index (χ0) is 46.3. The molecule has 0 radical (unpaired) electrons. The summed E-state index contributed by atoms with van der Waals surface area (Å²) in [6.07, 6.45) is 77.1. The molecule has 1 amide bonds. The van der Waals surface area contributed by atoms with Crippen LogP contribution in [0.4, 0.5) is 0 Å². The quantitative estimate of drug-likeness (QED) is 0.0421. The van der Waals surface area contributed by atoms with Gasteiger partial charge in [0, 0.05) is 6.42 Å². The van der Waals surface area contributed by atoms with E-state index in [4.69, 9.17) is 0 Å². The average Bonchev–Trinajstić information content (AvgIpc) is 3.30. The second-order valence-corrected chi connectivity index (χ2v) is 19.7. The van der Waals surface area contributed by atoms with Gasteiger partial charge < -0.3 is 15.5 Å². The lowest BCUT2D eigenvalue weighted by molar-refractivity contribution is -0.123. The largest absolute Gasteiger partial charge is 0.394 e. The van der Waals surface area contributed by atoms with Gasteiger partial charge in [0.05, 0.1) is 18.8 Å². The number of carbonyl (C=O) groups excluding carboxylic acids is 1. The third-order valence-electron chi connectivity index (χ3n) is 13.3. The van der Waals surface area contributed by atoms with E-state index in [0.717, 1.165) is 38.5 Å². The lowest BCUT2D eigenvalue weighted by Gasteiger charge is -2.19. The number of hydrogen-bond donors (Lipinski definition) is 3. The Morgan fingerprint density at radius 2 is 0.656 bits per heavy atom. The van der Waals surface area contributed by atoms with Gasteiger partial charge in [-0.3, -0.25) is 4.79 Å². The molecule has 0 spiro atoms. The monoisotopic (exact) mass is 896 g/mol. The average molecular weight is 897 g/mol. The Morgan fingerprint density at radius 3 is 1.00 bits per heavy atom. The molecule has 0 fully saturated rings. The molecule has 0 rings (SSSR count). The minimum atomic E-state index is -0.864. The predicted octanol–water partition coefficient (Wildman–Crippen LogP) is 19.0. The van der Waals surface area contributed by atoms with Gasteiger partial charge in [-0.1, -0.05) is 287 Å². The zero-order valence-corrected chi connectivity index (χ0v) is 43.3. The van der Waals surface area contributed by atoms with Gasteiger partial charge in [0.1, 0.15) is 0 Å². The fraction of sp³-hybridized carbons (Fsp3) is 0.850. The molecule has 3 N–H and O–H groups in total. The Labute approximate surface area is 401 Å². The first kappa shape index (κ1) is 62.4. The van der Waals surface area contributed by atoms with Crippen LogP contribution >= 0.6 is 0 Å². The molecule has 0 aliphatic rings. The molecule has 0 aromatic heterocycles. The van der Waals surface area contributed by atoms with Crippen molar-refractivity contribution in [1.82, 2.24) is 5.32 Å². The highest BCUT2D eigenvalue weighted by Crippen LogP contribution is 2.17. The molecule has 0 aromatic rings. The van der Waals surface area contributed by atoms with Crippen molar-refractivity contribution in [2.45, 2.75) is 321 Å². The topological polar surface area (TPSA) is 69.6 Å². The second-order valence-electron chi connectivity index (χ2n) is 19.7. The summed E-state index contributed by atoms with van der Waals surface area (Å²) >= 11 is 0. The van der Waals surface area contributed by atoms with E-state index in [9.17, 15) is 15.0 Å². The Morgan fingerprint density at radius 1 is 0.375 bits per heavy atom. The summed E-state index contributed by atoms with van der Waals surface area (Å²) in [5, 5.41) is 23.2. The number of hydrogen-bond acceptors (Lipinski definition) is 3. The summed E-state index contributed by atoms with van der Waals surface area (Å²) in [4.78, 5) is 12.5. The number of aliphatic hydroxyl groups excluding tert-OH is 2. The number of nitrogens with one attached hydrogen (secondary N) is 1. The SMILES string of the molecule is CCCCCCC/C=C\C/C=C\CCCCCCCCCCCCCCCC(=O)NC(CO)C(O)/C=C/CC/C=C/CCCCCCCCCCCCCCCCCCCCCCC. The molecule has 2 atom stereocenters. The van der Waals surface area contributed by atoms with E-state index in [1.165, 1.54) is 250 Å². The summed E-state index contributed by atoms with van der Waals surface area (Å²) in [5.74, 6) is -0.0716. The summed E-state index contributed by atoms with van der Waals surface area (Å²) in [5.41, 5.74) is 0. The lowest BCUT2D eigenvalue weighted by atomic mass is 10.0. The lowest BCUT2D eigenvalue weighted by Crippen LogP contribution is -2.45. The first-order chi connectivity index (χ1) is 31.7. The maximum Gasteiger partial charge on any atom is 0.220 e. The van der Waals surface area contributed by atoms with Crippen LogP contribution in [0.15, 0.2) is 48.6 Å². The first-order valence-corrected chi connectivity index (χ1v) is 28.9. The summed E-state index contributed by atoms with van der Waals surface area (Å²) in [6.45, 7) is 4.32. The smallest absolute Gasteiger partial charge is 0.220 e. The number of amides is 1. The normalized spacial score (nSPS) is 13.1. The van der Waals surface area contributed by atoms with Crippen molar-refractivity contribution in [1.29, 1.82) is 0 Å². The molecule has 4 heteroatoms. The van der Waals surface area contributed by atoms with E-state index in [0.29, 0.717) is 6.42 Å². The number of allylic oxidation sites excluding steroid dienone is 7. The molecule has 0 heterocycles. The molecule has 0 saturated heterocycles. The minimum absolute atomic E-state index is 0.0716. The number of rotatable bonds is 53. The first-order valence-electron chi connectivity index (χ1n) is 28.9. The Bertz CT molecular complexity index is 1020. The highest BCUT2D eigenvalue weighted by atomic mass is 16.3. The van der Waals surface area contributed by atoms with Crippen LogP contribution in [0.25, 0.3) is 0 Å². The molecule has 0 aliphatic carbocycles. The van der Waals surface area contributed by atoms with Gasteiger partial charge in [-0.15, -0.1) is 0 Å². The van der Waals surface area contributed by atoms with Gasteiger partial charge in [0.25, 0.3) is 0 Å². The van der Waals surface area contributed by atoms with E-state index < -0.39 is 12.1 Å². The van der Waals surface area contributed by atoms with E-state index in [1.54, 1.807) is 6.08 Å². The maximum absolute atomic E-state index is 12.5. The van der Waals surface area contributed by atoms with Crippen molar-refractivity contribution in [3.63, 3.8) is 0 Å². The van der Waals surface area contributed by atoms with E-state index >= 15 is 0 Å².